The van der Waals surface area contributed by atoms with Crippen LogP contribution >= 0.6 is 0 Å². The van der Waals surface area contributed by atoms with E-state index in [2.05, 4.69) is 43.3 Å². The molecule has 0 spiro atoms. The lowest BCUT2D eigenvalue weighted by molar-refractivity contribution is -0.145. The highest BCUT2D eigenvalue weighted by Gasteiger charge is 2.46. The van der Waals surface area contributed by atoms with Gasteiger partial charge in [0.1, 0.15) is 30.5 Å². The number of carbonyl (C=O) groups is 6. The monoisotopic (exact) mass is 694 g/mol. The van der Waals surface area contributed by atoms with Crippen LogP contribution < -0.4 is 21.7 Å². The van der Waals surface area contributed by atoms with E-state index in [1.165, 1.54) is 18.1 Å². The Morgan fingerprint density at radius 3 is 2.04 bits per heavy atom. The van der Waals surface area contributed by atoms with Crippen molar-refractivity contribution in [2.45, 2.75) is 119 Å². The average molecular weight is 695 g/mol. The topological polar surface area (TPSA) is 189 Å². The second-order valence-electron chi connectivity index (χ2n) is 14.4. The van der Waals surface area contributed by atoms with Crippen LogP contribution in [-0.2, 0) is 33.4 Å². The Morgan fingerprint density at radius 2 is 1.59 bits per heavy atom. The van der Waals surface area contributed by atoms with E-state index in [0.29, 0.717) is 12.2 Å². The van der Waals surface area contributed by atoms with Gasteiger partial charge < -0.3 is 41.0 Å². The van der Waals surface area contributed by atoms with Gasteiger partial charge in [0.15, 0.2) is 0 Å². The quantitative estimate of drug-likeness (QED) is 0.107. The summed E-state index contributed by atoms with van der Waals surface area (Å²) in [6.45, 7) is 22.2. The van der Waals surface area contributed by atoms with Gasteiger partial charge in [0.25, 0.3) is 5.91 Å². The number of Topliss-reactive ketones (excluding diaryl/α,β-unsaturated/α-hetero) is 1. The van der Waals surface area contributed by atoms with Crippen molar-refractivity contribution in [3.63, 3.8) is 0 Å². The molecular weight excluding hydrogens is 632 g/mol. The third kappa shape index (κ3) is 15.9. The first-order valence-electron chi connectivity index (χ1n) is 16.9. The molecule has 49 heavy (non-hydrogen) atoms. The minimum absolute atomic E-state index is 0.0210. The molecule has 0 aromatic carbocycles. The molecule has 1 heterocycles. The Morgan fingerprint density at radius 1 is 1.02 bits per heavy atom. The molecule has 1 saturated heterocycles. The Bertz CT molecular complexity index is 1180. The number of carbonyl (C=O) groups excluding carboxylic acids is 6. The van der Waals surface area contributed by atoms with Crippen LogP contribution in [0.1, 0.15) is 88.5 Å². The number of allylic oxidation sites excluding steroid dienone is 1. The van der Waals surface area contributed by atoms with Crippen LogP contribution in [-0.4, -0.2) is 103 Å². The summed E-state index contributed by atoms with van der Waals surface area (Å²) in [5, 5.41) is 7.83. The van der Waals surface area contributed by atoms with E-state index in [1.807, 2.05) is 32.8 Å². The van der Waals surface area contributed by atoms with E-state index in [1.54, 1.807) is 33.8 Å². The second-order valence-corrected chi connectivity index (χ2v) is 14.4. The van der Waals surface area contributed by atoms with E-state index in [-0.39, 0.29) is 38.0 Å². The largest absolute Gasteiger partial charge is 0.467 e. The molecule has 14 nitrogen and oxygen atoms in total. The maximum absolute atomic E-state index is 14.1. The van der Waals surface area contributed by atoms with Crippen LogP contribution in [0.4, 0.5) is 4.79 Å². The third-order valence-corrected chi connectivity index (χ3v) is 7.81. The smallest absolute Gasteiger partial charge is 0.328 e. The molecule has 0 radical (unpaired) electrons. The number of likely N-dealkylation sites (tertiary alicyclic amines) is 1. The summed E-state index contributed by atoms with van der Waals surface area (Å²) < 4.78 is 10.3. The number of esters is 1. The van der Waals surface area contributed by atoms with Crippen LogP contribution in [0.2, 0.25) is 0 Å². The minimum atomic E-state index is -1.15. The van der Waals surface area contributed by atoms with Gasteiger partial charge in [0, 0.05) is 12.6 Å². The normalized spacial score (nSPS) is 18.7. The number of ketones is 1. The zero-order valence-corrected chi connectivity index (χ0v) is 31.7. The maximum atomic E-state index is 14.1. The lowest BCUT2D eigenvalue weighted by Crippen LogP contribution is -2.60. The number of ether oxygens (including phenoxy) is 2. The van der Waals surface area contributed by atoms with Crippen molar-refractivity contribution < 1.29 is 38.2 Å². The van der Waals surface area contributed by atoms with Crippen LogP contribution in [0.5, 0.6) is 0 Å². The van der Waals surface area contributed by atoms with Crippen molar-refractivity contribution in [3.05, 3.63) is 24.7 Å². The number of rotatable bonds is 16. The molecule has 5 unspecified atom stereocenters. The molecule has 5 N–H and O–H groups in total. The van der Waals surface area contributed by atoms with Gasteiger partial charge in [-0.15, -0.1) is 0 Å². The van der Waals surface area contributed by atoms with E-state index < -0.39 is 65.1 Å². The molecule has 0 aromatic rings. The standard InChI is InChI=1S/C31H52N6O8.C4H10/c1-11-18(4)14-22(24(38)26(32)39)34-27(40)23-15-20(36(9)10)16-37(23)28(41)25(31(6,7)8)35-30(43)33-19(5)29(42)45-17-21(12-2)44-13-3;1-4(2)3/h12-13,18-20,22-23,25H,3,11,14-17H2,1-2,4-10H3,(H2,32,39)(H,34,40)(H2,33,35,43);4H,1-3H3/b21-12-;/t18?,19?,20?,22?,23-,25?;/m0./s1. The molecule has 5 amide bonds. The molecule has 1 rings (SSSR count). The fourth-order valence-electron chi connectivity index (χ4n) is 4.72. The Balaban J connectivity index is 0.00000543. The molecule has 1 fully saturated rings. The van der Waals surface area contributed by atoms with Crippen LogP contribution in [0, 0.1) is 17.3 Å². The number of hydrogen-bond donors (Lipinski definition) is 4. The van der Waals surface area contributed by atoms with Gasteiger partial charge in [-0.1, -0.05) is 68.4 Å². The van der Waals surface area contributed by atoms with E-state index in [4.69, 9.17) is 15.2 Å². The molecular formula is C35H62N6O8. The minimum Gasteiger partial charge on any atom is -0.467 e. The number of nitrogens with two attached hydrogens (primary N) is 1. The summed E-state index contributed by atoms with van der Waals surface area (Å²) >= 11 is 0. The van der Waals surface area contributed by atoms with E-state index >= 15 is 0 Å². The number of primary amides is 1. The molecule has 0 aromatic heterocycles. The molecule has 1 aliphatic heterocycles. The van der Waals surface area contributed by atoms with Gasteiger partial charge >= 0.3 is 12.0 Å². The number of urea groups is 1. The van der Waals surface area contributed by atoms with Gasteiger partial charge in [-0.2, -0.15) is 0 Å². The summed E-state index contributed by atoms with van der Waals surface area (Å²) in [5.74, 6) is -2.67. The number of hydrogen-bond acceptors (Lipinski definition) is 9. The molecule has 0 bridgehead atoms. The highest BCUT2D eigenvalue weighted by molar-refractivity contribution is 6.37. The maximum Gasteiger partial charge on any atom is 0.328 e. The van der Waals surface area contributed by atoms with Gasteiger partial charge in [-0.05, 0) is 64.1 Å². The second kappa shape index (κ2) is 21.2. The zero-order valence-electron chi connectivity index (χ0n) is 31.7. The lowest BCUT2D eigenvalue weighted by Gasteiger charge is -2.36. The Labute approximate surface area is 292 Å². The molecule has 1 aliphatic rings. The van der Waals surface area contributed by atoms with Crippen molar-refractivity contribution >= 4 is 35.5 Å². The molecule has 14 heteroatoms. The van der Waals surface area contributed by atoms with Crippen molar-refractivity contribution in [1.82, 2.24) is 25.8 Å². The fraction of sp³-hybridized carbons (Fsp3) is 0.714. The van der Waals surface area contributed by atoms with Crippen molar-refractivity contribution in [1.29, 1.82) is 0 Å². The number of nitrogens with zero attached hydrogens (tertiary/aromatic N) is 2. The van der Waals surface area contributed by atoms with Crippen molar-refractivity contribution in [3.8, 4) is 0 Å². The van der Waals surface area contributed by atoms with Crippen LogP contribution in [0.3, 0.4) is 0 Å². The highest BCUT2D eigenvalue weighted by atomic mass is 16.6. The molecule has 0 aliphatic carbocycles. The molecule has 0 saturated carbocycles. The summed E-state index contributed by atoms with van der Waals surface area (Å²) in [7, 11) is 3.65. The van der Waals surface area contributed by atoms with Crippen LogP contribution in [0.15, 0.2) is 24.7 Å². The first-order valence-corrected chi connectivity index (χ1v) is 16.9. The third-order valence-electron chi connectivity index (χ3n) is 7.81. The molecule has 280 valence electrons. The van der Waals surface area contributed by atoms with E-state index in [9.17, 15) is 28.8 Å². The van der Waals surface area contributed by atoms with Gasteiger partial charge in [0.05, 0.1) is 12.3 Å². The van der Waals surface area contributed by atoms with Crippen molar-refractivity contribution in [2.24, 2.45) is 23.0 Å². The summed E-state index contributed by atoms with van der Waals surface area (Å²) in [5.41, 5.74) is 4.45. The van der Waals surface area contributed by atoms with Gasteiger partial charge in [-0.25, -0.2) is 9.59 Å². The Kier molecular flexibility index (Phi) is 19.5. The van der Waals surface area contributed by atoms with Gasteiger partial charge in [-0.3, -0.25) is 19.2 Å². The fourth-order valence-corrected chi connectivity index (χ4v) is 4.72. The first-order chi connectivity index (χ1) is 22.6. The lowest BCUT2D eigenvalue weighted by atomic mass is 9.85. The molecule has 6 atom stereocenters. The average Bonchev–Trinajstić information content (AvgIpc) is 3.46. The number of amides is 5. The van der Waals surface area contributed by atoms with E-state index in [0.717, 1.165) is 5.92 Å². The van der Waals surface area contributed by atoms with Crippen LogP contribution in [0.25, 0.3) is 0 Å². The highest BCUT2D eigenvalue weighted by Crippen LogP contribution is 2.28. The SMILES string of the molecule is C=CO/C(=C\C)COC(=O)C(C)NC(=O)NC(C(=O)N1CC(N(C)C)C[C@H]1C(=O)NC(CC(C)CC)C(=O)C(N)=O)C(C)(C)C.CC(C)C. The Hall–Kier alpha value is -3.94. The first kappa shape index (κ1) is 45.1. The predicted octanol–water partition coefficient (Wildman–Crippen LogP) is 2.86. The summed E-state index contributed by atoms with van der Waals surface area (Å²) in [4.78, 5) is 80.7. The summed E-state index contributed by atoms with van der Waals surface area (Å²) in [6, 6.07) is -5.25. The number of likely N-dealkylation sites (N-methyl/N-ethyl adjacent to an activating group) is 1. The number of nitrogens with one attached hydrogen (secondary N) is 3. The predicted molar refractivity (Wildman–Crippen MR) is 189 cm³/mol. The summed E-state index contributed by atoms with van der Waals surface area (Å²) in [6.07, 6.45) is 4.00. The van der Waals surface area contributed by atoms with Crippen molar-refractivity contribution in [2.75, 3.05) is 27.2 Å². The zero-order chi connectivity index (χ0) is 38.2. The van der Waals surface area contributed by atoms with Gasteiger partial charge in [0.2, 0.25) is 17.6 Å².